The van der Waals surface area contributed by atoms with E-state index in [9.17, 15) is 23.1 Å². The SMILES string of the molecule is CC(C)(C(=O)O)C1CCCN(CCCOCC(F)(F)F)C1. The second kappa shape index (κ2) is 7.45. The van der Waals surface area contributed by atoms with E-state index in [0.717, 1.165) is 19.4 Å². The lowest BCUT2D eigenvalue weighted by Gasteiger charge is -2.39. The molecule has 0 aromatic heterocycles. The predicted octanol–water partition coefficient (Wildman–Crippen LogP) is 2.78. The molecular formula is C14H24F3NO3. The second-order valence-corrected chi connectivity index (χ2v) is 6.19. The Hall–Kier alpha value is -0.820. The van der Waals surface area contributed by atoms with Crippen molar-refractivity contribution in [1.82, 2.24) is 4.90 Å². The fraction of sp³-hybridized carbons (Fsp3) is 0.929. The zero-order valence-electron chi connectivity index (χ0n) is 12.6. The fourth-order valence-electron chi connectivity index (χ4n) is 2.60. The largest absolute Gasteiger partial charge is 0.481 e. The van der Waals surface area contributed by atoms with Gasteiger partial charge in [-0.25, -0.2) is 0 Å². The first-order valence-corrected chi connectivity index (χ1v) is 7.23. The third kappa shape index (κ3) is 6.22. The van der Waals surface area contributed by atoms with Crippen LogP contribution >= 0.6 is 0 Å². The van der Waals surface area contributed by atoms with Crippen molar-refractivity contribution in [2.45, 2.75) is 39.3 Å². The van der Waals surface area contributed by atoms with Crippen LogP contribution in [0.3, 0.4) is 0 Å². The minimum atomic E-state index is -4.28. The number of likely N-dealkylation sites (tertiary alicyclic amines) is 1. The van der Waals surface area contributed by atoms with Gasteiger partial charge in [-0.2, -0.15) is 13.2 Å². The van der Waals surface area contributed by atoms with E-state index in [4.69, 9.17) is 0 Å². The lowest BCUT2D eigenvalue weighted by Crippen LogP contribution is -2.45. The summed E-state index contributed by atoms with van der Waals surface area (Å²) in [6.45, 7) is 4.52. The maximum Gasteiger partial charge on any atom is 0.411 e. The Morgan fingerprint density at radius 1 is 1.38 bits per heavy atom. The monoisotopic (exact) mass is 311 g/mol. The minimum absolute atomic E-state index is 0.0693. The van der Waals surface area contributed by atoms with Gasteiger partial charge in [0.15, 0.2) is 0 Å². The summed E-state index contributed by atoms with van der Waals surface area (Å²) in [4.78, 5) is 13.4. The number of piperidine rings is 1. The number of carboxylic acids is 1. The van der Waals surface area contributed by atoms with Crippen molar-refractivity contribution in [3.63, 3.8) is 0 Å². The van der Waals surface area contributed by atoms with Crippen LogP contribution in [-0.2, 0) is 9.53 Å². The third-order valence-corrected chi connectivity index (χ3v) is 4.11. The highest BCUT2D eigenvalue weighted by molar-refractivity contribution is 5.74. The Labute approximate surface area is 123 Å². The molecule has 7 heteroatoms. The summed E-state index contributed by atoms with van der Waals surface area (Å²) in [7, 11) is 0. The van der Waals surface area contributed by atoms with Crippen LogP contribution in [0.1, 0.15) is 33.1 Å². The normalized spacial score (nSPS) is 21.5. The van der Waals surface area contributed by atoms with Crippen LogP contribution in [0.5, 0.6) is 0 Å². The molecule has 0 saturated carbocycles. The number of alkyl halides is 3. The van der Waals surface area contributed by atoms with E-state index in [2.05, 4.69) is 9.64 Å². The molecule has 1 saturated heterocycles. The van der Waals surface area contributed by atoms with Crippen molar-refractivity contribution in [2.24, 2.45) is 11.3 Å². The molecule has 0 spiro atoms. The molecule has 1 aliphatic rings. The number of carbonyl (C=O) groups is 1. The van der Waals surface area contributed by atoms with Gasteiger partial charge in [0.25, 0.3) is 0 Å². The summed E-state index contributed by atoms with van der Waals surface area (Å²) in [5.74, 6) is -0.734. The van der Waals surface area contributed by atoms with Gasteiger partial charge in [-0.3, -0.25) is 4.79 Å². The van der Waals surface area contributed by atoms with Gasteiger partial charge in [-0.15, -0.1) is 0 Å². The van der Waals surface area contributed by atoms with Gasteiger partial charge in [0.2, 0.25) is 0 Å². The first kappa shape index (κ1) is 18.2. The Bertz CT molecular complexity index is 345. The number of nitrogens with zero attached hydrogens (tertiary/aromatic N) is 1. The smallest absolute Gasteiger partial charge is 0.411 e. The highest BCUT2D eigenvalue weighted by atomic mass is 19.4. The summed E-state index contributed by atoms with van der Waals surface area (Å²) in [6, 6.07) is 0. The molecule has 1 unspecified atom stereocenters. The van der Waals surface area contributed by atoms with E-state index in [-0.39, 0.29) is 12.5 Å². The highest BCUT2D eigenvalue weighted by Crippen LogP contribution is 2.34. The standard InChI is InChI=1S/C14H24F3NO3/c1-13(2,12(19)20)11-5-3-6-18(9-11)7-4-8-21-10-14(15,16)17/h11H,3-10H2,1-2H3,(H,19,20). The van der Waals surface area contributed by atoms with E-state index in [1.165, 1.54) is 0 Å². The van der Waals surface area contributed by atoms with Crippen LogP contribution in [0.25, 0.3) is 0 Å². The molecule has 1 atom stereocenters. The molecule has 1 N–H and O–H groups in total. The first-order chi connectivity index (χ1) is 9.63. The van der Waals surface area contributed by atoms with Crippen LogP contribution in [0.4, 0.5) is 13.2 Å². The van der Waals surface area contributed by atoms with E-state index in [1.807, 2.05) is 0 Å². The Morgan fingerprint density at radius 3 is 2.62 bits per heavy atom. The molecule has 0 radical (unpaired) electrons. The quantitative estimate of drug-likeness (QED) is 0.735. The minimum Gasteiger partial charge on any atom is -0.481 e. The summed E-state index contributed by atoms with van der Waals surface area (Å²) in [5, 5.41) is 9.26. The molecule has 1 heterocycles. The van der Waals surface area contributed by atoms with Gasteiger partial charge >= 0.3 is 12.1 Å². The van der Waals surface area contributed by atoms with E-state index < -0.39 is 24.2 Å². The van der Waals surface area contributed by atoms with E-state index >= 15 is 0 Å². The molecule has 0 aromatic rings. The first-order valence-electron chi connectivity index (χ1n) is 7.23. The number of rotatable bonds is 7. The van der Waals surface area contributed by atoms with Crippen LogP contribution in [-0.4, -0.2) is 55.0 Å². The molecule has 0 amide bonds. The predicted molar refractivity (Wildman–Crippen MR) is 72.1 cm³/mol. The van der Waals surface area contributed by atoms with Gasteiger partial charge in [0.05, 0.1) is 5.41 Å². The maximum atomic E-state index is 11.9. The van der Waals surface area contributed by atoms with E-state index in [0.29, 0.717) is 19.5 Å². The lowest BCUT2D eigenvalue weighted by atomic mass is 9.74. The molecule has 1 fully saturated rings. The van der Waals surface area contributed by atoms with E-state index in [1.54, 1.807) is 13.8 Å². The van der Waals surface area contributed by atoms with Gasteiger partial charge in [-0.1, -0.05) is 0 Å². The van der Waals surface area contributed by atoms with Crippen LogP contribution < -0.4 is 0 Å². The molecule has 0 bridgehead atoms. The summed E-state index contributed by atoms with van der Waals surface area (Å²) in [5.41, 5.74) is -0.772. The number of ether oxygens (including phenoxy) is 1. The summed E-state index contributed by atoms with van der Waals surface area (Å²) < 4.78 is 40.3. The van der Waals surface area contributed by atoms with Gasteiger partial charge in [-0.05, 0) is 45.6 Å². The highest BCUT2D eigenvalue weighted by Gasteiger charge is 2.38. The zero-order chi connectivity index (χ0) is 16.1. The molecule has 21 heavy (non-hydrogen) atoms. The number of aliphatic carboxylic acids is 1. The van der Waals surface area contributed by atoms with Crippen molar-refractivity contribution in [1.29, 1.82) is 0 Å². The average molecular weight is 311 g/mol. The maximum absolute atomic E-state index is 11.9. The number of carboxylic acid groups (broad SMARTS) is 1. The number of hydrogen-bond donors (Lipinski definition) is 1. The fourth-order valence-corrected chi connectivity index (χ4v) is 2.60. The number of halogens is 3. The Morgan fingerprint density at radius 2 is 2.05 bits per heavy atom. The van der Waals surface area contributed by atoms with Crippen LogP contribution in [0.2, 0.25) is 0 Å². The molecule has 4 nitrogen and oxygen atoms in total. The molecule has 1 aliphatic heterocycles. The van der Waals surface area contributed by atoms with Crippen LogP contribution in [0, 0.1) is 11.3 Å². The summed E-state index contributed by atoms with van der Waals surface area (Å²) in [6.07, 6.45) is -1.96. The zero-order valence-corrected chi connectivity index (χ0v) is 12.6. The van der Waals surface area contributed by atoms with Crippen molar-refractivity contribution in [3.8, 4) is 0 Å². The lowest BCUT2D eigenvalue weighted by molar-refractivity contribution is -0.174. The van der Waals surface area contributed by atoms with Crippen molar-refractivity contribution in [2.75, 3.05) is 32.8 Å². The second-order valence-electron chi connectivity index (χ2n) is 6.19. The van der Waals surface area contributed by atoms with Crippen LogP contribution in [0.15, 0.2) is 0 Å². The molecule has 0 aromatic carbocycles. The van der Waals surface area contributed by atoms with Crippen molar-refractivity contribution < 1.29 is 27.8 Å². The summed E-state index contributed by atoms with van der Waals surface area (Å²) >= 11 is 0. The van der Waals surface area contributed by atoms with Gasteiger partial charge in [0, 0.05) is 19.7 Å². The average Bonchev–Trinajstić information content (AvgIpc) is 2.37. The molecule has 1 rings (SSSR count). The Balaban J connectivity index is 2.29. The van der Waals surface area contributed by atoms with Crippen molar-refractivity contribution >= 4 is 5.97 Å². The molecule has 124 valence electrons. The van der Waals surface area contributed by atoms with Gasteiger partial charge in [0.1, 0.15) is 6.61 Å². The number of hydrogen-bond acceptors (Lipinski definition) is 3. The Kier molecular flexibility index (Phi) is 6.46. The molecule has 0 aliphatic carbocycles. The topological polar surface area (TPSA) is 49.8 Å². The third-order valence-electron chi connectivity index (χ3n) is 4.11. The van der Waals surface area contributed by atoms with Gasteiger partial charge < -0.3 is 14.7 Å². The van der Waals surface area contributed by atoms with Crippen molar-refractivity contribution in [3.05, 3.63) is 0 Å². The molecular weight excluding hydrogens is 287 g/mol.